The number of para-hydroxylation sites is 1. The Labute approximate surface area is 110 Å². The van der Waals surface area contributed by atoms with Gasteiger partial charge in [-0.1, -0.05) is 25.1 Å². The maximum atomic E-state index is 12.0. The molecule has 3 N–H and O–H groups in total. The molecule has 0 aliphatic heterocycles. The zero-order valence-corrected chi connectivity index (χ0v) is 10.9. The number of carbonyl (C=O) groups is 2. The second-order valence-electron chi connectivity index (χ2n) is 4.66. The predicted molar refractivity (Wildman–Crippen MR) is 73.1 cm³/mol. The number of hydrogen-bond acceptors (Lipinski definition) is 2. The number of amides is 1. The van der Waals surface area contributed by atoms with E-state index in [1.807, 2.05) is 31.2 Å². The number of carboxylic acids is 1. The lowest BCUT2D eigenvalue weighted by Gasteiger charge is -2.10. The van der Waals surface area contributed by atoms with Crippen LogP contribution in [0.25, 0.3) is 10.9 Å². The molecule has 5 nitrogen and oxygen atoms in total. The second kappa shape index (κ2) is 5.14. The summed E-state index contributed by atoms with van der Waals surface area (Å²) in [4.78, 5) is 25.7. The van der Waals surface area contributed by atoms with Gasteiger partial charge in [-0.15, -0.1) is 0 Å². The molecule has 2 aromatic rings. The van der Waals surface area contributed by atoms with Crippen molar-refractivity contribution < 1.29 is 14.7 Å². The van der Waals surface area contributed by atoms with Gasteiger partial charge in [-0.2, -0.15) is 0 Å². The molecule has 0 saturated carbocycles. The summed E-state index contributed by atoms with van der Waals surface area (Å²) in [5.41, 5.74) is 2.52. The molecule has 1 aromatic heterocycles. The molecule has 1 heterocycles. The van der Waals surface area contributed by atoms with E-state index < -0.39 is 11.9 Å². The Morgan fingerprint density at radius 1 is 1.37 bits per heavy atom. The Kier molecular flexibility index (Phi) is 3.55. The highest BCUT2D eigenvalue weighted by atomic mass is 16.4. The van der Waals surface area contributed by atoms with E-state index >= 15 is 0 Å². The number of aryl methyl sites for hydroxylation is 1. The number of aliphatic carboxylic acids is 1. The minimum Gasteiger partial charge on any atom is -0.481 e. The maximum Gasteiger partial charge on any atom is 0.304 e. The van der Waals surface area contributed by atoms with Crippen LogP contribution in [0.1, 0.15) is 19.0 Å². The number of nitrogens with one attached hydrogen (secondary N) is 2. The van der Waals surface area contributed by atoms with Gasteiger partial charge in [-0.05, 0) is 13.0 Å². The summed E-state index contributed by atoms with van der Waals surface area (Å²) in [6.07, 6.45) is -0.173. The molecule has 19 heavy (non-hydrogen) atoms. The SMILES string of the molecule is Cc1[nH]c2ccccc2c1NC(=O)C(C)CC(=O)O. The van der Waals surface area contributed by atoms with Gasteiger partial charge in [-0.25, -0.2) is 0 Å². The van der Waals surface area contributed by atoms with Gasteiger partial charge < -0.3 is 15.4 Å². The topological polar surface area (TPSA) is 82.2 Å². The number of benzene rings is 1. The van der Waals surface area contributed by atoms with Crippen LogP contribution in [0.4, 0.5) is 5.69 Å². The molecular weight excluding hydrogens is 244 g/mol. The molecule has 1 unspecified atom stereocenters. The van der Waals surface area contributed by atoms with Crippen LogP contribution in [-0.4, -0.2) is 22.0 Å². The van der Waals surface area contributed by atoms with Crippen molar-refractivity contribution >= 4 is 28.5 Å². The van der Waals surface area contributed by atoms with Gasteiger partial charge in [0, 0.05) is 22.5 Å². The van der Waals surface area contributed by atoms with Crippen LogP contribution >= 0.6 is 0 Å². The highest BCUT2D eigenvalue weighted by Crippen LogP contribution is 2.27. The van der Waals surface area contributed by atoms with Gasteiger partial charge >= 0.3 is 5.97 Å². The molecule has 1 atom stereocenters. The number of carboxylic acid groups (broad SMARTS) is 1. The van der Waals surface area contributed by atoms with E-state index in [0.717, 1.165) is 22.3 Å². The average Bonchev–Trinajstić information content (AvgIpc) is 2.65. The van der Waals surface area contributed by atoms with Crippen LogP contribution in [0.15, 0.2) is 24.3 Å². The van der Waals surface area contributed by atoms with Gasteiger partial charge in [0.2, 0.25) is 5.91 Å². The van der Waals surface area contributed by atoms with E-state index in [2.05, 4.69) is 10.3 Å². The molecule has 2 rings (SSSR count). The van der Waals surface area contributed by atoms with Crippen LogP contribution in [0.3, 0.4) is 0 Å². The van der Waals surface area contributed by atoms with Gasteiger partial charge in [0.15, 0.2) is 0 Å². The molecule has 0 aliphatic carbocycles. The fourth-order valence-electron chi connectivity index (χ4n) is 2.04. The van der Waals surface area contributed by atoms with Crippen LogP contribution in [0.2, 0.25) is 0 Å². The highest BCUT2D eigenvalue weighted by molar-refractivity contribution is 6.04. The minimum atomic E-state index is -0.974. The molecule has 5 heteroatoms. The number of carbonyl (C=O) groups excluding carboxylic acids is 1. The largest absolute Gasteiger partial charge is 0.481 e. The third-order valence-electron chi connectivity index (χ3n) is 3.07. The number of aromatic nitrogens is 1. The molecule has 0 spiro atoms. The molecular formula is C14H16N2O3. The highest BCUT2D eigenvalue weighted by Gasteiger charge is 2.18. The molecule has 100 valence electrons. The summed E-state index contributed by atoms with van der Waals surface area (Å²) in [5, 5.41) is 12.4. The van der Waals surface area contributed by atoms with Gasteiger partial charge in [0.05, 0.1) is 12.1 Å². The molecule has 1 aromatic carbocycles. The third-order valence-corrected chi connectivity index (χ3v) is 3.07. The monoisotopic (exact) mass is 260 g/mol. The Balaban J connectivity index is 2.24. The van der Waals surface area contributed by atoms with Crippen LogP contribution < -0.4 is 5.32 Å². The zero-order chi connectivity index (χ0) is 14.0. The number of fused-ring (bicyclic) bond motifs is 1. The van der Waals surface area contributed by atoms with Crippen molar-refractivity contribution in [3.05, 3.63) is 30.0 Å². The summed E-state index contributed by atoms with van der Waals surface area (Å²) in [6, 6.07) is 7.65. The lowest BCUT2D eigenvalue weighted by molar-refractivity contribution is -0.139. The smallest absolute Gasteiger partial charge is 0.304 e. The summed E-state index contributed by atoms with van der Waals surface area (Å²) in [7, 11) is 0. The minimum absolute atomic E-state index is 0.173. The van der Waals surface area contributed by atoms with Crippen LogP contribution in [-0.2, 0) is 9.59 Å². The summed E-state index contributed by atoms with van der Waals surface area (Å²) in [6.45, 7) is 3.48. The first-order valence-electron chi connectivity index (χ1n) is 6.09. The number of aromatic amines is 1. The predicted octanol–water partition coefficient (Wildman–Crippen LogP) is 2.53. The lowest BCUT2D eigenvalue weighted by atomic mass is 10.1. The first-order chi connectivity index (χ1) is 8.99. The van der Waals surface area contributed by atoms with E-state index in [1.54, 1.807) is 6.92 Å². The fourth-order valence-corrected chi connectivity index (χ4v) is 2.04. The number of rotatable bonds is 4. The molecule has 0 saturated heterocycles. The van der Waals surface area contributed by atoms with E-state index in [-0.39, 0.29) is 12.3 Å². The standard InChI is InChI=1S/C14H16N2O3/c1-8(7-12(17)18)14(19)16-13-9(2)15-11-6-4-3-5-10(11)13/h3-6,8,15H,7H2,1-2H3,(H,16,19)(H,17,18). The third kappa shape index (κ3) is 2.76. The average molecular weight is 260 g/mol. The van der Waals surface area contributed by atoms with Crippen molar-refractivity contribution in [1.82, 2.24) is 4.98 Å². The Bertz CT molecular complexity index is 631. The summed E-state index contributed by atoms with van der Waals surface area (Å²) >= 11 is 0. The van der Waals surface area contributed by atoms with Crippen molar-refractivity contribution in [2.75, 3.05) is 5.32 Å². The Hall–Kier alpha value is -2.30. The molecule has 0 aliphatic rings. The van der Waals surface area contributed by atoms with Crippen molar-refractivity contribution in [3.63, 3.8) is 0 Å². The number of anilines is 1. The summed E-state index contributed by atoms with van der Waals surface area (Å²) in [5.74, 6) is -1.82. The first kappa shape index (κ1) is 13.1. The normalized spacial score (nSPS) is 12.3. The molecule has 1 amide bonds. The maximum absolute atomic E-state index is 12.0. The fraction of sp³-hybridized carbons (Fsp3) is 0.286. The van der Waals surface area contributed by atoms with E-state index in [0.29, 0.717) is 0 Å². The quantitative estimate of drug-likeness (QED) is 0.790. The number of H-pyrrole nitrogens is 1. The molecule has 0 fully saturated rings. The van der Waals surface area contributed by atoms with E-state index in [4.69, 9.17) is 5.11 Å². The molecule has 0 bridgehead atoms. The van der Waals surface area contributed by atoms with E-state index in [1.165, 1.54) is 0 Å². The summed E-state index contributed by atoms with van der Waals surface area (Å²) < 4.78 is 0. The Morgan fingerprint density at radius 2 is 2.05 bits per heavy atom. The van der Waals surface area contributed by atoms with Gasteiger partial charge in [0.1, 0.15) is 0 Å². The first-order valence-corrected chi connectivity index (χ1v) is 6.09. The van der Waals surface area contributed by atoms with Crippen LogP contribution in [0, 0.1) is 12.8 Å². The van der Waals surface area contributed by atoms with Crippen molar-refractivity contribution in [3.8, 4) is 0 Å². The van der Waals surface area contributed by atoms with E-state index in [9.17, 15) is 9.59 Å². The lowest BCUT2D eigenvalue weighted by Crippen LogP contribution is -2.22. The van der Waals surface area contributed by atoms with Crippen molar-refractivity contribution in [2.24, 2.45) is 5.92 Å². The van der Waals surface area contributed by atoms with Crippen LogP contribution in [0.5, 0.6) is 0 Å². The second-order valence-corrected chi connectivity index (χ2v) is 4.66. The van der Waals surface area contributed by atoms with Crippen molar-refractivity contribution in [1.29, 1.82) is 0 Å². The number of hydrogen-bond donors (Lipinski definition) is 3. The molecule has 0 radical (unpaired) electrons. The zero-order valence-electron chi connectivity index (χ0n) is 10.9. The van der Waals surface area contributed by atoms with Gasteiger partial charge in [-0.3, -0.25) is 9.59 Å². The van der Waals surface area contributed by atoms with Crippen molar-refractivity contribution in [2.45, 2.75) is 20.3 Å². The Morgan fingerprint density at radius 3 is 2.74 bits per heavy atom. The van der Waals surface area contributed by atoms with Gasteiger partial charge in [0.25, 0.3) is 0 Å².